The number of rotatable bonds is 21. The zero-order valence-electron chi connectivity index (χ0n) is 40.4. The normalized spacial score (nSPS) is 16.1. The predicted molar refractivity (Wildman–Crippen MR) is 259 cm³/mol. The average Bonchev–Trinajstić information content (AvgIpc) is 3.99. The van der Waals surface area contributed by atoms with Crippen LogP contribution in [-0.4, -0.2) is 147 Å². The summed E-state index contributed by atoms with van der Waals surface area (Å²) in [5.41, 5.74) is 3.75. The number of methoxy groups -OCH3 is 2. The van der Waals surface area contributed by atoms with Gasteiger partial charge in [-0.1, -0.05) is 88.4 Å². The van der Waals surface area contributed by atoms with Crippen molar-refractivity contribution in [1.82, 2.24) is 39.8 Å². The van der Waals surface area contributed by atoms with E-state index in [0.29, 0.717) is 5.75 Å². The van der Waals surface area contributed by atoms with Gasteiger partial charge in [-0.25, -0.2) is 0 Å². The molecule has 0 N–H and O–H groups in total. The molecule has 3 aromatic carbocycles. The van der Waals surface area contributed by atoms with Crippen molar-refractivity contribution < 1.29 is 27.8 Å². The van der Waals surface area contributed by atoms with Gasteiger partial charge in [0.1, 0.15) is 41.3 Å². The van der Waals surface area contributed by atoms with Crippen molar-refractivity contribution in [1.29, 1.82) is 0 Å². The van der Waals surface area contributed by atoms with Crippen LogP contribution in [0.4, 0.5) is 15.5 Å². The van der Waals surface area contributed by atoms with Gasteiger partial charge in [0.25, 0.3) is 8.41 Å². The third kappa shape index (κ3) is 12.3. The van der Waals surface area contributed by atoms with Crippen molar-refractivity contribution in [2.45, 2.75) is 84.0 Å². The van der Waals surface area contributed by atoms with Gasteiger partial charge in [-0.2, -0.15) is 0 Å². The molecule has 0 aliphatic carbocycles. The molecule has 2 aliphatic heterocycles. The van der Waals surface area contributed by atoms with Crippen molar-refractivity contribution in [2.75, 3.05) is 103 Å². The van der Waals surface area contributed by atoms with Crippen LogP contribution in [0.2, 0.25) is 10.1 Å². The second kappa shape index (κ2) is 22.1. The first kappa shape index (κ1) is 48.8. The lowest BCUT2D eigenvalue weighted by atomic mass is 10.2. The van der Waals surface area contributed by atoms with Gasteiger partial charge in [0, 0.05) is 65.4 Å². The van der Waals surface area contributed by atoms with E-state index in [0.717, 1.165) is 118 Å². The highest BCUT2D eigenvalue weighted by atomic mass is 28.4. The van der Waals surface area contributed by atoms with Crippen LogP contribution in [0.3, 0.4) is 0 Å². The van der Waals surface area contributed by atoms with Gasteiger partial charge in [0.2, 0.25) is 0 Å². The number of anilines is 2. The molecule has 7 rings (SSSR count). The van der Waals surface area contributed by atoms with Crippen LogP contribution in [0, 0.1) is 0 Å². The first-order valence-corrected chi connectivity index (χ1v) is 25.2. The molecule has 0 amide bonds. The molecule has 66 heavy (non-hydrogen) atoms. The maximum atomic E-state index is 17.0. The minimum atomic E-state index is -3.40. The van der Waals surface area contributed by atoms with E-state index in [1.165, 1.54) is 0 Å². The third-order valence-electron chi connectivity index (χ3n) is 12.8. The average molecular weight is 926 g/mol. The Labute approximate surface area is 391 Å². The van der Waals surface area contributed by atoms with Gasteiger partial charge in [0.05, 0.1) is 70.9 Å². The summed E-state index contributed by atoms with van der Waals surface area (Å²) in [7, 11) is 0.0402. The molecule has 0 bridgehead atoms. The smallest absolute Gasteiger partial charge is 0.288 e. The molecule has 2 fully saturated rings. The second-order valence-electron chi connectivity index (χ2n) is 19.4. The number of benzene rings is 3. The number of hydrogen-bond acceptors (Lipinski definition) is 13. The topological polar surface area (TPSA) is 121 Å². The van der Waals surface area contributed by atoms with Crippen LogP contribution < -0.4 is 29.2 Å². The first-order valence-electron chi connectivity index (χ1n) is 23.3. The fourth-order valence-electron chi connectivity index (χ4n) is 9.33. The molecule has 0 saturated carbocycles. The summed E-state index contributed by atoms with van der Waals surface area (Å²) in [5.74, 6) is 2.46. The quantitative estimate of drug-likeness (QED) is 0.0595. The van der Waals surface area contributed by atoms with Crippen LogP contribution in [0.1, 0.15) is 52.9 Å². The van der Waals surface area contributed by atoms with Crippen LogP contribution in [0.5, 0.6) is 17.2 Å². The summed E-state index contributed by atoms with van der Waals surface area (Å²) in [5, 5.41) is 17.4. The maximum Gasteiger partial charge on any atom is 0.288 e. The van der Waals surface area contributed by atoms with E-state index >= 15 is 4.11 Å². The van der Waals surface area contributed by atoms with E-state index in [9.17, 15) is 0 Å². The van der Waals surface area contributed by atoms with Crippen LogP contribution in [0.15, 0.2) is 85.2 Å². The minimum absolute atomic E-state index is 0.224. The largest absolute Gasteiger partial charge is 0.495 e. The fraction of sp³-hybridized carbons (Fsp3) is 0.551. The van der Waals surface area contributed by atoms with Gasteiger partial charge >= 0.3 is 0 Å². The molecule has 2 aliphatic rings. The molecule has 0 spiro atoms. The summed E-state index contributed by atoms with van der Waals surface area (Å²) in [4.78, 5) is 9.67. The lowest BCUT2D eigenvalue weighted by molar-refractivity contribution is -0.0503. The molecule has 15 nitrogen and oxygen atoms in total. The van der Waals surface area contributed by atoms with Crippen molar-refractivity contribution >= 4 is 25.0 Å². The molecule has 1 atom stereocenters. The highest BCUT2D eigenvalue weighted by molar-refractivity contribution is 6.90. The number of hydrogen-bond donors (Lipinski definition) is 0. The number of nitrogens with zero attached hydrogens (tertiary/aromatic N) is 10. The number of para-hydroxylation sites is 4. The van der Waals surface area contributed by atoms with Gasteiger partial charge in [0.15, 0.2) is 0 Å². The van der Waals surface area contributed by atoms with Crippen LogP contribution >= 0.6 is 0 Å². The van der Waals surface area contributed by atoms with Gasteiger partial charge in [-0.05, 0) is 51.7 Å². The zero-order valence-corrected chi connectivity index (χ0v) is 41.4. The molecule has 358 valence electrons. The first-order chi connectivity index (χ1) is 31.7. The lowest BCUT2D eigenvalue weighted by Crippen LogP contribution is -2.57. The maximum absolute atomic E-state index is 17.0. The van der Waals surface area contributed by atoms with Crippen molar-refractivity contribution in [2.24, 2.45) is 0 Å². The van der Waals surface area contributed by atoms with E-state index in [4.69, 9.17) is 23.7 Å². The zero-order chi connectivity index (χ0) is 46.7. The molecule has 17 heteroatoms. The molecule has 1 unspecified atom stereocenters. The van der Waals surface area contributed by atoms with Crippen molar-refractivity contribution in [3.8, 4) is 17.2 Å². The molecule has 2 saturated heterocycles. The number of halogens is 1. The van der Waals surface area contributed by atoms with Crippen molar-refractivity contribution in [3.63, 3.8) is 0 Å². The van der Waals surface area contributed by atoms with E-state index in [1.807, 2.05) is 112 Å². The summed E-state index contributed by atoms with van der Waals surface area (Å²) in [6.07, 6.45) is 3.46. The van der Waals surface area contributed by atoms with E-state index in [1.54, 1.807) is 14.2 Å². The number of aromatic nitrogens is 6. The van der Waals surface area contributed by atoms with E-state index in [-0.39, 0.29) is 26.4 Å². The van der Waals surface area contributed by atoms with E-state index in [2.05, 4.69) is 64.5 Å². The number of piperazine rings is 2. The molecule has 5 aromatic rings. The Morgan fingerprint density at radius 2 is 1.06 bits per heavy atom. The Kier molecular flexibility index (Phi) is 16.4. The highest BCUT2D eigenvalue weighted by Gasteiger charge is 2.56. The summed E-state index contributed by atoms with van der Waals surface area (Å²) in [6, 6.07) is 23.9. The standard InChI is InChI=1S/C49H71FN10O5Si/c1-48(2,3)66(50,49(4,5)6)43-19-17-41(18-20-43)65-38-42(64-36-40-34-60(54-52-40)32-26-56-23-29-58(30-24-56)45-14-10-12-16-47(45)62-8)37-63-35-39-33-59(53-51-39)31-25-55-21-27-57(28-22-55)44-13-9-11-15-46(44)61-7/h9-20,33-34,42H,21-32,35-38H2,1-8H3/i50-1. The minimum Gasteiger partial charge on any atom is -0.495 e. The lowest BCUT2D eigenvalue weighted by Gasteiger charge is -2.44. The molecule has 2 aromatic heterocycles. The fourth-order valence-corrected chi connectivity index (χ4v) is 13.9. The SMILES string of the molecule is COc1ccccc1N1CCN(CCn2cc(COCC(COc3ccc([Si]([18F])(C(C)(C)C)C(C)(C)C)cc3)OCc3cn(CCN4CCN(c5ccccc5OC)CC4)nn3)nn2)CC1. The molecule has 4 heterocycles. The Hall–Kier alpha value is -5.07. The van der Waals surface area contributed by atoms with Crippen LogP contribution in [-0.2, 0) is 35.8 Å². The third-order valence-corrected chi connectivity index (χ3v) is 18.1. The predicted octanol–water partition coefficient (Wildman–Crippen LogP) is 6.43. The summed E-state index contributed by atoms with van der Waals surface area (Å²) >= 11 is 0. The Morgan fingerprint density at radius 3 is 1.53 bits per heavy atom. The Bertz CT molecular complexity index is 2230. The Balaban J connectivity index is 0.903. The van der Waals surface area contributed by atoms with Gasteiger partial charge < -0.3 is 37.6 Å². The van der Waals surface area contributed by atoms with Gasteiger partial charge in [-0.3, -0.25) is 19.2 Å². The monoisotopic (exact) mass is 926 g/mol. The molecule has 0 radical (unpaired) electrons. The van der Waals surface area contributed by atoms with Gasteiger partial charge in [-0.15, -0.1) is 10.2 Å². The summed E-state index contributed by atoms with van der Waals surface area (Å²) < 4.78 is 50.8. The highest BCUT2D eigenvalue weighted by Crippen LogP contribution is 2.51. The summed E-state index contributed by atoms with van der Waals surface area (Å²) in [6.45, 7) is 23.8. The molecular weight excluding hydrogens is 855 g/mol. The van der Waals surface area contributed by atoms with E-state index < -0.39 is 24.6 Å². The van der Waals surface area contributed by atoms with Crippen LogP contribution in [0.25, 0.3) is 0 Å². The second-order valence-corrected chi connectivity index (χ2v) is 24.3. The van der Waals surface area contributed by atoms with Crippen molar-refractivity contribution in [3.05, 3.63) is 96.6 Å². The number of ether oxygens (including phenoxy) is 5. The Morgan fingerprint density at radius 1 is 0.591 bits per heavy atom. The molecular formula is C49H71FN10O5Si.